The predicted molar refractivity (Wildman–Crippen MR) is 67.2 cm³/mol. The van der Waals surface area contributed by atoms with E-state index in [0.717, 1.165) is 0 Å². The van der Waals surface area contributed by atoms with Crippen LogP contribution in [-0.4, -0.2) is 30.8 Å². The van der Waals surface area contributed by atoms with Crippen LogP contribution in [0.5, 0.6) is 0 Å². The summed E-state index contributed by atoms with van der Waals surface area (Å²) in [4.78, 5) is 25.9. The van der Waals surface area contributed by atoms with E-state index in [-0.39, 0.29) is 30.4 Å². The molecule has 2 rings (SSSR count). The molecule has 0 fully saturated rings. The Balaban J connectivity index is 2.00. The Morgan fingerprint density at radius 2 is 2.14 bits per heavy atom. The van der Waals surface area contributed by atoms with Gasteiger partial charge in [0.2, 0.25) is 0 Å². The molecule has 0 radical (unpaired) electrons. The zero-order valence-electron chi connectivity index (χ0n) is 11.7. The lowest BCUT2D eigenvalue weighted by Crippen LogP contribution is -2.15. The van der Waals surface area contributed by atoms with Crippen LogP contribution in [0.2, 0.25) is 0 Å². The Bertz CT molecular complexity index is 689. The summed E-state index contributed by atoms with van der Waals surface area (Å²) >= 11 is 0. The molecule has 0 unspecified atom stereocenters. The second kappa shape index (κ2) is 5.69. The van der Waals surface area contributed by atoms with Gasteiger partial charge in [0.05, 0.1) is 4.92 Å². The molecule has 0 amide bonds. The number of nitro groups is 1. The molecule has 0 bridgehead atoms. The number of hydrogen-bond donors (Lipinski definition) is 0. The van der Waals surface area contributed by atoms with Crippen molar-refractivity contribution in [1.29, 1.82) is 0 Å². The van der Waals surface area contributed by atoms with Crippen LogP contribution >= 0.6 is 0 Å². The molecule has 0 atom stereocenters. The second-order valence-electron chi connectivity index (χ2n) is 4.33. The minimum atomic E-state index is -0.605. The Kier molecular flexibility index (Phi) is 3.96. The maximum Gasteiger partial charge on any atom is 0.328 e. The second-order valence-corrected chi connectivity index (χ2v) is 4.33. The van der Waals surface area contributed by atoms with Gasteiger partial charge in [0.1, 0.15) is 17.9 Å². The highest BCUT2D eigenvalue weighted by molar-refractivity contribution is 5.69. The Hall–Kier alpha value is -2.78. The average molecular weight is 295 g/mol. The van der Waals surface area contributed by atoms with E-state index >= 15 is 0 Å². The Morgan fingerprint density at radius 1 is 1.43 bits per heavy atom. The van der Waals surface area contributed by atoms with Gasteiger partial charge in [-0.2, -0.15) is 10.1 Å². The van der Waals surface area contributed by atoms with Crippen molar-refractivity contribution in [1.82, 2.24) is 19.9 Å². The van der Waals surface area contributed by atoms with Crippen LogP contribution in [0.4, 0.5) is 5.69 Å². The van der Waals surface area contributed by atoms with Crippen LogP contribution in [0, 0.1) is 30.9 Å². The summed E-state index contributed by atoms with van der Waals surface area (Å²) < 4.78 is 11.0. The first-order valence-electron chi connectivity index (χ1n) is 6.01. The van der Waals surface area contributed by atoms with E-state index in [1.165, 1.54) is 18.5 Å². The van der Waals surface area contributed by atoms with Crippen molar-refractivity contribution >= 4 is 11.7 Å². The number of rotatable bonds is 5. The molecule has 0 spiro atoms. The van der Waals surface area contributed by atoms with E-state index in [9.17, 15) is 14.9 Å². The standard InChI is InChI=1S/C11H13N5O5/c1-6-11(16(18)19)7(2)15(13-6)4-10(17)20-5-9-12-8(3)14-21-9/h4-5H2,1-3H3. The SMILES string of the molecule is Cc1noc(COC(=O)Cn2nc(C)c([N+](=O)[O-])c2C)n1. The summed E-state index contributed by atoms with van der Waals surface area (Å²) in [6, 6.07) is 0. The van der Waals surface area contributed by atoms with Crippen molar-refractivity contribution in [3.8, 4) is 0 Å². The van der Waals surface area contributed by atoms with Crippen LogP contribution in [0.25, 0.3) is 0 Å². The number of nitrogens with zero attached hydrogens (tertiary/aromatic N) is 5. The first kappa shape index (κ1) is 14.6. The molecule has 0 saturated carbocycles. The highest BCUT2D eigenvalue weighted by Gasteiger charge is 2.23. The van der Waals surface area contributed by atoms with Gasteiger partial charge in [-0.3, -0.25) is 19.6 Å². The fraction of sp³-hybridized carbons (Fsp3) is 0.455. The molecule has 0 saturated heterocycles. The summed E-state index contributed by atoms with van der Waals surface area (Å²) in [6.07, 6.45) is 0. The lowest BCUT2D eigenvalue weighted by atomic mass is 10.3. The fourth-order valence-electron chi connectivity index (χ4n) is 1.81. The molecule has 21 heavy (non-hydrogen) atoms. The van der Waals surface area contributed by atoms with Gasteiger partial charge >= 0.3 is 11.7 Å². The molecule has 0 aliphatic heterocycles. The third-order valence-corrected chi connectivity index (χ3v) is 2.73. The van der Waals surface area contributed by atoms with Gasteiger partial charge in [-0.25, -0.2) is 0 Å². The van der Waals surface area contributed by atoms with Gasteiger partial charge in [0.15, 0.2) is 12.4 Å². The number of aryl methyl sites for hydroxylation is 2. The van der Waals surface area contributed by atoms with Crippen LogP contribution in [0.3, 0.4) is 0 Å². The van der Waals surface area contributed by atoms with Crippen LogP contribution in [-0.2, 0) is 22.7 Å². The first-order chi connectivity index (χ1) is 9.88. The number of aromatic nitrogens is 4. The normalized spacial score (nSPS) is 10.6. The third-order valence-electron chi connectivity index (χ3n) is 2.73. The van der Waals surface area contributed by atoms with Gasteiger partial charge in [0, 0.05) is 0 Å². The summed E-state index contributed by atoms with van der Waals surface area (Å²) in [7, 11) is 0. The highest BCUT2D eigenvalue weighted by Crippen LogP contribution is 2.21. The van der Waals surface area contributed by atoms with E-state index < -0.39 is 10.9 Å². The summed E-state index contributed by atoms with van der Waals surface area (Å²) in [5, 5.41) is 18.4. The molecule has 10 nitrogen and oxygen atoms in total. The highest BCUT2D eigenvalue weighted by atomic mass is 16.6. The zero-order valence-corrected chi connectivity index (χ0v) is 11.7. The van der Waals surface area contributed by atoms with Crippen LogP contribution in [0.15, 0.2) is 4.52 Å². The van der Waals surface area contributed by atoms with E-state index in [2.05, 4.69) is 15.2 Å². The summed E-state index contributed by atoms with van der Waals surface area (Å²) in [5.74, 6) is 0.0155. The molecule has 0 aliphatic carbocycles. The van der Waals surface area contributed by atoms with Crippen molar-refractivity contribution in [3.05, 3.63) is 33.2 Å². The largest absolute Gasteiger partial charge is 0.454 e. The summed E-state index contributed by atoms with van der Waals surface area (Å²) in [6.45, 7) is 4.29. The molecule has 0 aliphatic rings. The lowest BCUT2D eigenvalue weighted by molar-refractivity contribution is -0.386. The van der Waals surface area contributed by atoms with E-state index in [1.807, 2.05) is 0 Å². The van der Waals surface area contributed by atoms with Crippen molar-refractivity contribution in [2.24, 2.45) is 0 Å². The molecule has 10 heteroatoms. The predicted octanol–water partition coefficient (Wildman–Crippen LogP) is 0.843. The summed E-state index contributed by atoms with van der Waals surface area (Å²) in [5.41, 5.74) is 0.441. The van der Waals surface area contributed by atoms with Crippen LogP contribution < -0.4 is 0 Å². The monoisotopic (exact) mass is 295 g/mol. The zero-order chi connectivity index (χ0) is 15.6. The molecular formula is C11H13N5O5. The van der Waals surface area contributed by atoms with Gasteiger partial charge in [-0.1, -0.05) is 5.16 Å². The number of carbonyl (C=O) groups is 1. The third kappa shape index (κ3) is 3.22. The topological polar surface area (TPSA) is 126 Å². The number of esters is 1. The minimum absolute atomic E-state index is 0.102. The van der Waals surface area contributed by atoms with Gasteiger partial charge in [-0.05, 0) is 20.8 Å². The maximum atomic E-state index is 11.7. The quantitative estimate of drug-likeness (QED) is 0.451. The van der Waals surface area contributed by atoms with E-state index in [0.29, 0.717) is 11.5 Å². The van der Waals surface area contributed by atoms with Crippen molar-refractivity contribution in [2.75, 3.05) is 0 Å². The van der Waals surface area contributed by atoms with E-state index in [4.69, 9.17) is 9.26 Å². The average Bonchev–Trinajstić information content (AvgIpc) is 2.91. The number of hydrogen-bond acceptors (Lipinski definition) is 8. The van der Waals surface area contributed by atoms with E-state index in [1.54, 1.807) is 6.92 Å². The first-order valence-corrected chi connectivity index (χ1v) is 6.01. The van der Waals surface area contributed by atoms with Crippen molar-refractivity contribution in [3.63, 3.8) is 0 Å². The Morgan fingerprint density at radius 3 is 2.67 bits per heavy atom. The van der Waals surface area contributed by atoms with Gasteiger partial charge in [-0.15, -0.1) is 0 Å². The van der Waals surface area contributed by atoms with Crippen LogP contribution in [0.1, 0.15) is 23.1 Å². The van der Waals surface area contributed by atoms with Gasteiger partial charge < -0.3 is 9.26 Å². The molecule has 2 aromatic rings. The Labute approximate surface area is 118 Å². The fourth-order valence-corrected chi connectivity index (χ4v) is 1.81. The maximum absolute atomic E-state index is 11.7. The van der Waals surface area contributed by atoms with Crippen molar-refractivity contribution in [2.45, 2.75) is 33.9 Å². The molecular weight excluding hydrogens is 282 g/mol. The number of ether oxygens (including phenoxy) is 1. The molecule has 0 aromatic carbocycles. The van der Waals surface area contributed by atoms with Gasteiger partial charge in [0.25, 0.3) is 5.89 Å². The molecule has 0 N–H and O–H groups in total. The molecule has 2 heterocycles. The smallest absolute Gasteiger partial charge is 0.328 e. The lowest BCUT2D eigenvalue weighted by Gasteiger charge is -2.03. The number of carbonyl (C=O) groups excluding carboxylic acids is 1. The molecule has 2 aromatic heterocycles. The minimum Gasteiger partial charge on any atom is -0.454 e. The van der Waals surface area contributed by atoms with Crippen molar-refractivity contribution < 1.29 is 19.0 Å². The molecule has 112 valence electrons.